The fourth-order valence-corrected chi connectivity index (χ4v) is 7.08. The Labute approximate surface area is 171 Å². The first-order valence-corrected chi connectivity index (χ1v) is 10.9. The number of carbonyl (C=O) groups is 1. The molecule has 5 heteroatoms. The van der Waals surface area contributed by atoms with Crippen LogP contribution in [0.25, 0.3) is 0 Å². The Kier molecular flexibility index (Phi) is 4.59. The standard InChI is InChI=1S/C24H30FNO3/c1-2-7-29-23-10-16-8-18(11-23)24(19(9-16)12-23,17-3-5-20(25)6-4-17)13-22(28)26-14-21(27)15-26/h2-6,16,18-19,21,27H,1,7-15H2/t16?,18?,19?,23-,24+. The smallest absolute Gasteiger partial charge is 0.223 e. The lowest BCUT2D eigenvalue weighted by Crippen LogP contribution is -2.64. The molecule has 1 N–H and O–H groups in total. The van der Waals surface area contributed by atoms with E-state index in [0.717, 1.165) is 37.7 Å². The fraction of sp³-hybridized carbons (Fsp3) is 0.625. The molecule has 6 rings (SSSR count). The zero-order valence-corrected chi connectivity index (χ0v) is 16.9. The second kappa shape index (κ2) is 6.92. The van der Waals surface area contributed by atoms with Crippen molar-refractivity contribution in [3.63, 3.8) is 0 Å². The lowest BCUT2D eigenvalue weighted by Gasteiger charge is -2.65. The first kappa shape index (κ1) is 19.3. The molecule has 29 heavy (non-hydrogen) atoms. The average molecular weight is 400 g/mol. The molecule has 156 valence electrons. The molecule has 1 heterocycles. The number of hydrogen-bond acceptors (Lipinski definition) is 3. The topological polar surface area (TPSA) is 49.8 Å². The van der Waals surface area contributed by atoms with Crippen LogP contribution in [0.3, 0.4) is 0 Å². The molecule has 0 spiro atoms. The Morgan fingerprint density at radius 1 is 1.21 bits per heavy atom. The predicted molar refractivity (Wildman–Crippen MR) is 108 cm³/mol. The highest BCUT2D eigenvalue weighted by Gasteiger charge is 2.63. The summed E-state index contributed by atoms with van der Waals surface area (Å²) in [5, 5.41) is 9.64. The molecule has 0 radical (unpaired) electrons. The molecule has 4 saturated carbocycles. The monoisotopic (exact) mass is 399 g/mol. The van der Waals surface area contributed by atoms with E-state index in [1.165, 1.54) is 12.1 Å². The highest BCUT2D eigenvalue weighted by molar-refractivity contribution is 5.79. The second-order valence-corrected chi connectivity index (χ2v) is 9.80. The molecule has 1 aliphatic heterocycles. The van der Waals surface area contributed by atoms with Crippen molar-refractivity contribution in [2.24, 2.45) is 17.8 Å². The van der Waals surface area contributed by atoms with Crippen LogP contribution in [-0.2, 0) is 14.9 Å². The van der Waals surface area contributed by atoms with Gasteiger partial charge in [-0.15, -0.1) is 6.58 Å². The van der Waals surface area contributed by atoms with E-state index in [1.807, 2.05) is 18.2 Å². The molecule has 5 fully saturated rings. The zero-order valence-electron chi connectivity index (χ0n) is 16.9. The molecule has 2 unspecified atom stereocenters. The quantitative estimate of drug-likeness (QED) is 0.746. The number of nitrogens with zero attached hydrogens (tertiary/aromatic N) is 1. The van der Waals surface area contributed by atoms with Crippen molar-refractivity contribution in [1.29, 1.82) is 0 Å². The number of aliphatic hydroxyl groups excluding tert-OH is 1. The molecule has 4 bridgehead atoms. The molecule has 4 nitrogen and oxygen atoms in total. The maximum absolute atomic E-state index is 13.7. The molecule has 1 saturated heterocycles. The second-order valence-electron chi connectivity index (χ2n) is 9.80. The van der Waals surface area contributed by atoms with Gasteiger partial charge in [-0.1, -0.05) is 18.2 Å². The van der Waals surface area contributed by atoms with E-state index >= 15 is 0 Å². The van der Waals surface area contributed by atoms with E-state index in [4.69, 9.17) is 4.74 Å². The minimum absolute atomic E-state index is 0.0930. The van der Waals surface area contributed by atoms with Gasteiger partial charge in [0, 0.05) is 24.9 Å². The number of benzene rings is 1. The van der Waals surface area contributed by atoms with Crippen LogP contribution in [0, 0.1) is 23.6 Å². The summed E-state index contributed by atoms with van der Waals surface area (Å²) in [5.74, 6) is 1.24. The number of amides is 1. The average Bonchev–Trinajstić information content (AvgIpc) is 2.67. The number of likely N-dealkylation sites (tertiary alicyclic amines) is 1. The van der Waals surface area contributed by atoms with Gasteiger partial charge in [0.2, 0.25) is 5.91 Å². The third-order valence-corrected chi connectivity index (χ3v) is 8.14. The summed E-state index contributed by atoms with van der Waals surface area (Å²) in [6.45, 7) is 5.25. The summed E-state index contributed by atoms with van der Waals surface area (Å²) in [5.41, 5.74) is 0.744. The van der Waals surface area contributed by atoms with Crippen LogP contribution in [0.15, 0.2) is 36.9 Å². The van der Waals surface area contributed by atoms with Crippen LogP contribution in [0.4, 0.5) is 4.39 Å². The minimum Gasteiger partial charge on any atom is -0.389 e. The molecule has 0 aromatic heterocycles. The number of carbonyl (C=O) groups excluding carboxylic acids is 1. The van der Waals surface area contributed by atoms with Crippen LogP contribution >= 0.6 is 0 Å². The highest BCUT2D eigenvalue weighted by Crippen LogP contribution is 2.66. The van der Waals surface area contributed by atoms with Gasteiger partial charge in [0.25, 0.3) is 0 Å². The van der Waals surface area contributed by atoms with Gasteiger partial charge in [-0.25, -0.2) is 4.39 Å². The van der Waals surface area contributed by atoms with Crippen molar-refractivity contribution in [2.75, 3.05) is 19.7 Å². The normalized spacial score (nSPS) is 38.1. The van der Waals surface area contributed by atoms with Gasteiger partial charge < -0.3 is 14.7 Å². The minimum atomic E-state index is -0.394. The van der Waals surface area contributed by atoms with Gasteiger partial charge in [-0.05, 0) is 67.6 Å². The van der Waals surface area contributed by atoms with Crippen molar-refractivity contribution >= 4 is 5.91 Å². The lowest BCUT2D eigenvalue weighted by atomic mass is 9.41. The summed E-state index contributed by atoms with van der Waals surface area (Å²) in [6, 6.07) is 6.86. The number of rotatable bonds is 6. The Balaban J connectivity index is 1.50. The maximum Gasteiger partial charge on any atom is 0.223 e. The summed E-state index contributed by atoms with van der Waals surface area (Å²) < 4.78 is 20.0. The summed E-state index contributed by atoms with van der Waals surface area (Å²) in [4.78, 5) is 14.9. The van der Waals surface area contributed by atoms with Crippen LogP contribution in [0.2, 0.25) is 0 Å². The van der Waals surface area contributed by atoms with Crippen molar-refractivity contribution in [2.45, 2.75) is 55.6 Å². The fourth-order valence-electron chi connectivity index (χ4n) is 7.08. The highest BCUT2D eigenvalue weighted by atomic mass is 19.1. The van der Waals surface area contributed by atoms with Gasteiger partial charge in [-0.3, -0.25) is 4.79 Å². The Morgan fingerprint density at radius 2 is 1.86 bits per heavy atom. The molecule has 2 atom stereocenters. The van der Waals surface area contributed by atoms with E-state index in [1.54, 1.807) is 4.90 Å². The molecular weight excluding hydrogens is 369 g/mol. The maximum atomic E-state index is 13.7. The summed E-state index contributed by atoms with van der Waals surface area (Å²) >= 11 is 0. The van der Waals surface area contributed by atoms with Crippen molar-refractivity contribution in [1.82, 2.24) is 4.90 Å². The van der Waals surface area contributed by atoms with E-state index in [0.29, 0.717) is 43.9 Å². The first-order chi connectivity index (χ1) is 13.9. The van der Waals surface area contributed by atoms with Crippen molar-refractivity contribution < 1.29 is 19.0 Å². The zero-order chi connectivity index (χ0) is 20.2. The molecule has 1 amide bonds. The summed E-state index contributed by atoms with van der Waals surface area (Å²) in [6.07, 6.45) is 7.14. The first-order valence-electron chi connectivity index (χ1n) is 10.9. The van der Waals surface area contributed by atoms with Crippen LogP contribution in [-0.4, -0.2) is 47.3 Å². The van der Waals surface area contributed by atoms with E-state index < -0.39 is 6.10 Å². The van der Waals surface area contributed by atoms with Gasteiger partial charge in [0.05, 0.1) is 18.3 Å². The van der Waals surface area contributed by atoms with Crippen LogP contribution < -0.4 is 0 Å². The summed E-state index contributed by atoms with van der Waals surface area (Å²) in [7, 11) is 0. The van der Waals surface area contributed by atoms with Crippen LogP contribution in [0.1, 0.15) is 44.1 Å². The van der Waals surface area contributed by atoms with E-state index in [9.17, 15) is 14.3 Å². The third-order valence-electron chi connectivity index (χ3n) is 8.14. The number of β-amino-alcohol motifs (C(OH)–C–C–N with tert-alkyl or cyclic N) is 1. The molecule has 5 aliphatic rings. The lowest BCUT2D eigenvalue weighted by molar-refractivity contribution is -0.192. The number of hydrogen-bond donors (Lipinski definition) is 1. The van der Waals surface area contributed by atoms with E-state index in [2.05, 4.69) is 6.58 Å². The van der Waals surface area contributed by atoms with Crippen molar-refractivity contribution in [3.05, 3.63) is 48.3 Å². The Morgan fingerprint density at radius 3 is 2.45 bits per heavy atom. The van der Waals surface area contributed by atoms with Gasteiger partial charge in [0.1, 0.15) is 5.82 Å². The molecular formula is C24H30FNO3. The predicted octanol–water partition coefficient (Wildman–Crippen LogP) is 3.44. The number of aliphatic hydroxyl groups is 1. The molecule has 4 aliphatic carbocycles. The largest absolute Gasteiger partial charge is 0.389 e. The van der Waals surface area contributed by atoms with E-state index in [-0.39, 0.29) is 22.7 Å². The van der Waals surface area contributed by atoms with Gasteiger partial charge in [-0.2, -0.15) is 0 Å². The molecule has 1 aromatic rings. The number of halogens is 1. The number of ether oxygens (including phenoxy) is 1. The van der Waals surface area contributed by atoms with Gasteiger partial charge in [0.15, 0.2) is 0 Å². The SMILES string of the molecule is C=CCO[C@]12CC3CC(C1)[C@](CC(=O)N1CC(O)C1)(c1ccc(F)cc1)C(C3)C2. The van der Waals surface area contributed by atoms with Crippen molar-refractivity contribution in [3.8, 4) is 0 Å². The Bertz CT molecular complexity index is 785. The Hall–Kier alpha value is -1.72. The third kappa shape index (κ3) is 3.05. The van der Waals surface area contributed by atoms with Crippen LogP contribution in [0.5, 0.6) is 0 Å². The molecule has 1 aromatic carbocycles. The van der Waals surface area contributed by atoms with Gasteiger partial charge >= 0.3 is 0 Å².